The van der Waals surface area contributed by atoms with Crippen molar-refractivity contribution in [2.24, 2.45) is 0 Å². The molecule has 17 heavy (non-hydrogen) atoms. The van der Waals surface area contributed by atoms with E-state index in [4.69, 9.17) is 0 Å². The first-order chi connectivity index (χ1) is 8.22. The molecule has 0 amide bonds. The molecular formula is C13H17NO2S. The molecule has 2 saturated carbocycles. The number of rotatable bonds is 3. The largest absolute Gasteiger partial charge is 0.481 e. The maximum absolute atomic E-state index is 11.6. The van der Waals surface area contributed by atoms with Crippen molar-refractivity contribution in [2.75, 3.05) is 0 Å². The van der Waals surface area contributed by atoms with Crippen LogP contribution in [0.25, 0.3) is 0 Å². The summed E-state index contributed by atoms with van der Waals surface area (Å²) in [6.45, 7) is 0. The highest BCUT2D eigenvalue weighted by Crippen LogP contribution is 2.45. The van der Waals surface area contributed by atoms with Gasteiger partial charge < -0.3 is 5.11 Å². The van der Waals surface area contributed by atoms with Gasteiger partial charge in [0.05, 0.1) is 5.69 Å². The van der Waals surface area contributed by atoms with Crippen LogP contribution in [0.4, 0.5) is 0 Å². The Hall–Kier alpha value is -0.900. The first kappa shape index (κ1) is 11.2. The zero-order chi connectivity index (χ0) is 11.9. The molecule has 0 aromatic carbocycles. The van der Waals surface area contributed by atoms with Gasteiger partial charge >= 0.3 is 5.97 Å². The minimum absolute atomic E-state index is 0.620. The van der Waals surface area contributed by atoms with Gasteiger partial charge in [0, 0.05) is 11.3 Å². The quantitative estimate of drug-likeness (QED) is 0.896. The SMILES string of the molecule is O=C(O)C1(c2nc(C3CC3)cs2)CCCCC1. The molecule has 3 rings (SSSR count). The molecule has 3 nitrogen and oxygen atoms in total. The van der Waals surface area contributed by atoms with Crippen LogP contribution in [-0.4, -0.2) is 16.1 Å². The average Bonchev–Trinajstić information content (AvgIpc) is 3.08. The minimum Gasteiger partial charge on any atom is -0.481 e. The van der Waals surface area contributed by atoms with Gasteiger partial charge in [-0.05, 0) is 25.7 Å². The van der Waals surface area contributed by atoms with Crippen molar-refractivity contribution in [2.45, 2.75) is 56.3 Å². The molecular weight excluding hydrogens is 234 g/mol. The molecule has 2 aliphatic rings. The van der Waals surface area contributed by atoms with Gasteiger partial charge in [-0.1, -0.05) is 19.3 Å². The van der Waals surface area contributed by atoms with E-state index >= 15 is 0 Å². The molecule has 0 unspecified atom stereocenters. The van der Waals surface area contributed by atoms with Crippen LogP contribution in [0.3, 0.4) is 0 Å². The maximum atomic E-state index is 11.6. The van der Waals surface area contributed by atoms with Gasteiger partial charge in [-0.3, -0.25) is 4.79 Å². The molecule has 0 saturated heterocycles. The van der Waals surface area contributed by atoms with E-state index in [9.17, 15) is 9.90 Å². The Morgan fingerprint density at radius 1 is 1.35 bits per heavy atom. The molecule has 92 valence electrons. The summed E-state index contributed by atoms with van der Waals surface area (Å²) in [4.78, 5) is 16.3. The number of carbonyl (C=O) groups is 1. The maximum Gasteiger partial charge on any atom is 0.316 e. The lowest BCUT2D eigenvalue weighted by atomic mass is 9.74. The van der Waals surface area contributed by atoms with Crippen LogP contribution >= 0.6 is 11.3 Å². The van der Waals surface area contributed by atoms with E-state index in [1.165, 1.54) is 12.8 Å². The van der Waals surface area contributed by atoms with Crippen molar-refractivity contribution in [3.63, 3.8) is 0 Å². The van der Waals surface area contributed by atoms with Gasteiger partial charge in [0.25, 0.3) is 0 Å². The highest BCUT2D eigenvalue weighted by Gasteiger charge is 2.44. The molecule has 0 aliphatic heterocycles. The molecule has 0 atom stereocenters. The lowest BCUT2D eigenvalue weighted by molar-refractivity contribution is -0.145. The predicted molar refractivity (Wildman–Crippen MR) is 66.5 cm³/mol. The number of carboxylic acid groups (broad SMARTS) is 1. The minimum atomic E-state index is -0.672. The average molecular weight is 251 g/mol. The molecule has 2 aliphatic carbocycles. The summed E-state index contributed by atoms with van der Waals surface area (Å²) in [6.07, 6.45) is 7.18. The fraction of sp³-hybridized carbons (Fsp3) is 0.692. The fourth-order valence-corrected chi connectivity index (χ4v) is 3.90. The van der Waals surface area contributed by atoms with Crippen LogP contribution in [0.2, 0.25) is 0 Å². The molecule has 0 bridgehead atoms. The molecule has 1 heterocycles. The van der Waals surface area contributed by atoms with Gasteiger partial charge in [-0.15, -0.1) is 11.3 Å². The first-order valence-electron chi connectivity index (χ1n) is 6.42. The zero-order valence-corrected chi connectivity index (χ0v) is 10.6. The van der Waals surface area contributed by atoms with Crippen LogP contribution < -0.4 is 0 Å². The second-order valence-electron chi connectivity index (χ2n) is 5.30. The van der Waals surface area contributed by atoms with E-state index in [-0.39, 0.29) is 0 Å². The summed E-state index contributed by atoms with van der Waals surface area (Å²) in [6, 6.07) is 0. The van der Waals surface area contributed by atoms with Crippen molar-refractivity contribution >= 4 is 17.3 Å². The normalized spacial score (nSPS) is 23.5. The molecule has 0 radical (unpaired) electrons. The third-order valence-electron chi connectivity index (χ3n) is 4.04. The predicted octanol–water partition coefficient (Wildman–Crippen LogP) is 3.31. The van der Waals surface area contributed by atoms with Gasteiger partial charge in [-0.2, -0.15) is 0 Å². The molecule has 1 N–H and O–H groups in total. The van der Waals surface area contributed by atoms with E-state index in [0.717, 1.165) is 42.8 Å². The number of aromatic nitrogens is 1. The third-order valence-corrected chi connectivity index (χ3v) is 5.11. The second kappa shape index (κ2) is 4.09. The first-order valence-corrected chi connectivity index (χ1v) is 7.30. The van der Waals surface area contributed by atoms with Crippen molar-refractivity contribution < 1.29 is 9.90 Å². The van der Waals surface area contributed by atoms with Crippen molar-refractivity contribution in [3.05, 3.63) is 16.1 Å². The van der Waals surface area contributed by atoms with E-state index < -0.39 is 11.4 Å². The number of thiazole rings is 1. The summed E-state index contributed by atoms with van der Waals surface area (Å²) in [5.74, 6) is -0.0525. The van der Waals surface area contributed by atoms with Crippen LogP contribution in [-0.2, 0) is 10.2 Å². The summed E-state index contributed by atoms with van der Waals surface area (Å²) < 4.78 is 0. The van der Waals surface area contributed by atoms with Crippen LogP contribution in [0, 0.1) is 0 Å². The van der Waals surface area contributed by atoms with E-state index in [2.05, 4.69) is 10.4 Å². The molecule has 1 aromatic heterocycles. The number of aliphatic carboxylic acids is 1. The standard InChI is InChI=1S/C13H17NO2S/c15-12(16)13(6-2-1-3-7-13)11-14-10(8-17-11)9-4-5-9/h8-9H,1-7H2,(H,15,16). The van der Waals surface area contributed by atoms with Gasteiger partial charge in [0.2, 0.25) is 0 Å². The Labute approximate surface area is 105 Å². The topological polar surface area (TPSA) is 50.2 Å². The highest BCUT2D eigenvalue weighted by atomic mass is 32.1. The molecule has 1 aromatic rings. The Balaban J connectivity index is 1.93. The van der Waals surface area contributed by atoms with Crippen molar-refractivity contribution in [1.82, 2.24) is 4.98 Å². The lowest BCUT2D eigenvalue weighted by Crippen LogP contribution is -2.37. The highest BCUT2D eigenvalue weighted by molar-refractivity contribution is 7.10. The Morgan fingerprint density at radius 3 is 2.65 bits per heavy atom. The summed E-state index contributed by atoms with van der Waals surface area (Å²) in [5, 5.41) is 12.5. The molecule has 2 fully saturated rings. The Morgan fingerprint density at radius 2 is 2.06 bits per heavy atom. The zero-order valence-electron chi connectivity index (χ0n) is 9.82. The fourth-order valence-electron chi connectivity index (χ4n) is 2.75. The number of carboxylic acids is 1. The Bertz CT molecular complexity index is 430. The summed E-state index contributed by atoms with van der Waals surface area (Å²) in [7, 11) is 0. The van der Waals surface area contributed by atoms with Crippen LogP contribution in [0.15, 0.2) is 5.38 Å². The summed E-state index contributed by atoms with van der Waals surface area (Å²) in [5.41, 5.74) is 0.465. The second-order valence-corrected chi connectivity index (χ2v) is 6.16. The number of hydrogen-bond donors (Lipinski definition) is 1. The van der Waals surface area contributed by atoms with Gasteiger partial charge in [0.1, 0.15) is 10.4 Å². The van der Waals surface area contributed by atoms with Crippen molar-refractivity contribution in [1.29, 1.82) is 0 Å². The molecule has 0 spiro atoms. The van der Waals surface area contributed by atoms with Gasteiger partial charge in [-0.25, -0.2) is 4.98 Å². The van der Waals surface area contributed by atoms with Gasteiger partial charge in [0.15, 0.2) is 0 Å². The number of nitrogens with zero attached hydrogens (tertiary/aromatic N) is 1. The van der Waals surface area contributed by atoms with E-state index in [0.29, 0.717) is 5.92 Å². The lowest BCUT2D eigenvalue weighted by Gasteiger charge is -2.31. The van der Waals surface area contributed by atoms with Crippen molar-refractivity contribution in [3.8, 4) is 0 Å². The van der Waals surface area contributed by atoms with E-state index in [1.54, 1.807) is 11.3 Å². The molecule has 4 heteroatoms. The summed E-state index contributed by atoms with van der Waals surface area (Å²) >= 11 is 1.56. The smallest absolute Gasteiger partial charge is 0.316 e. The van der Waals surface area contributed by atoms with Crippen LogP contribution in [0.1, 0.15) is 61.6 Å². The third kappa shape index (κ3) is 1.88. The Kier molecular flexibility index (Phi) is 2.69. The monoisotopic (exact) mass is 251 g/mol. The number of hydrogen-bond acceptors (Lipinski definition) is 3. The van der Waals surface area contributed by atoms with Crippen LogP contribution in [0.5, 0.6) is 0 Å². The van der Waals surface area contributed by atoms with E-state index in [1.807, 2.05) is 0 Å².